The Labute approximate surface area is 106 Å². The maximum Gasteiger partial charge on any atom is 0.253 e. The van der Waals surface area contributed by atoms with Crippen LogP contribution in [-0.4, -0.2) is 27.4 Å². The summed E-state index contributed by atoms with van der Waals surface area (Å²) in [5.74, 6) is 0.877. The van der Waals surface area contributed by atoms with Gasteiger partial charge in [0, 0.05) is 37.3 Å². The second-order valence-corrected chi connectivity index (χ2v) is 4.03. The minimum Gasteiger partial charge on any atom is -0.352 e. The fraction of sp³-hybridized carbons (Fsp3) is 0.308. The van der Waals surface area contributed by atoms with Crippen LogP contribution < -0.4 is 5.32 Å². The van der Waals surface area contributed by atoms with Gasteiger partial charge in [-0.2, -0.15) is 0 Å². The van der Waals surface area contributed by atoms with E-state index in [1.54, 1.807) is 30.7 Å². The second-order valence-electron chi connectivity index (χ2n) is 4.03. The average molecular weight is 244 g/mol. The molecule has 0 aliphatic heterocycles. The number of aromatic amines is 1. The van der Waals surface area contributed by atoms with E-state index in [9.17, 15) is 4.79 Å². The van der Waals surface area contributed by atoms with Crippen LogP contribution in [0.3, 0.4) is 0 Å². The molecule has 18 heavy (non-hydrogen) atoms. The van der Waals surface area contributed by atoms with Gasteiger partial charge in [0.2, 0.25) is 0 Å². The molecule has 2 heterocycles. The van der Waals surface area contributed by atoms with E-state index in [4.69, 9.17) is 0 Å². The summed E-state index contributed by atoms with van der Waals surface area (Å²) in [6, 6.07) is 3.55. The van der Waals surface area contributed by atoms with Crippen molar-refractivity contribution in [2.24, 2.45) is 0 Å². The molecule has 0 bridgehead atoms. The number of H-pyrrole nitrogens is 1. The Morgan fingerprint density at radius 1 is 1.39 bits per heavy atom. The number of aromatic nitrogens is 3. The molecule has 5 nitrogen and oxygen atoms in total. The van der Waals surface area contributed by atoms with Crippen molar-refractivity contribution in [2.45, 2.75) is 19.8 Å². The van der Waals surface area contributed by atoms with Crippen molar-refractivity contribution < 1.29 is 4.79 Å². The van der Waals surface area contributed by atoms with E-state index in [1.807, 2.05) is 6.92 Å². The zero-order valence-electron chi connectivity index (χ0n) is 10.3. The fourth-order valence-corrected chi connectivity index (χ4v) is 1.71. The van der Waals surface area contributed by atoms with Gasteiger partial charge in [0.25, 0.3) is 5.91 Å². The minimum absolute atomic E-state index is 0.0694. The van der Waals surface area contributed by atoms with E-state index in [1.165, 1.54) is 0 Å². The van der Waals surface area contributed by atoms with Crippen LogP contribution in [0, 0.1) is 6.92 Å². The highest BCUT2D eigenvalue weighted by molar-refractivity contribution is 5.95. The molecular formula is C13H16N4O. The highest BCUT2D eigenvalue weighted by Gasteiger charge is 2.07. The molecule has 1 amide bonds. The van der Waals surface area contributed by atoms with E-state index in [2.05, 4.69) is 20.3 Å². The SMILES string of the molecule is Cc1ncccc1C(=O)NCCCc1ncc[nH]1. The number of hydrogen-bond donors (Lipinski definition) is 2. The lowest BCUT2D eigenvalue weighted by atomic mass is 10.2. The van der Waals surface area contributed by atoms with Gasteiger partial charge in [-0.05, 0) is 25.5 Å². The van der Waals surface area contributed by atoms with E-state index in [0.29, 0.717) is 12.1 Å². The lowest BCUT2D eigenvalue weighted by molar-refractivity contribution is 0.0952. The maximum absolute atomic E-state index is 11.9. The number of nitrogens with zero attached hydrogens (tertiary/aromatic N) is 2. The van der Waals surface area contributed by atoms with Crippen molar-refractivity contribution >= 4 is 5.91 Å². The summed E-state index contributed by atoms with van der Waals surface area (Å²) >= 11 is 0. The van der Waals surface area contributed by atoms with E-state index in [0.717, 1.165) is 24.4 Å². The lowest BCUT2D eigenvalue weighted by Gasteiger charge is -2.06. The third-order valence-electron chi connectivity index (χ3n) is 2.68. The van der Waals surface area contributed by atoms with Gasteiger partial charge in [-0.1, -0.05) is 0 Å². The summed E-state index contributed by atoms with van der Waals surface area (Å²) in [6.45, 7) is 2.46. The van der Waals surface area contributed by atoms with Gasteiger partial charge < -0.3 is 10.3 Å². The standard InChI is InChI=1S/C13H16N4O/c1-10-11(4-2-6-14-10)13(18)17-7-3-5-12-15-8-9-16-12/h2,4,6,8-9H,3,5,7H2,1H3,(H,15,16)(H,17,18). The van der Waals surface area contributed by atoms with Crippen LogP contribution in [0.25, 0.3) is 0 Å². The van der Waals surface area contributed by atoms with Crippen molar-refractivity contribution in [1.29, 1.82) is 0 Å². The highest BCUT2D eigenvalue weighted by Crippen LogP contribution is 2.03. The first-order chi connectivity index (χ1) is 8.77. The summed E-state index contributed by atoms with van der Waals surface area (Å²) in [7, 11) is 0. The molecule has 0 aliphatic carbocycles. The monoisotopic (exact) mass is 244 g/mol. The Bertz CT molecular complexity index is 507. The molecule has 0 aliphatic rings. The quantitative estimate of drug-likeness (QED) is 0.782. The average Bonchev–Trinajstić information content (AvgIpc) is 2.88. The number of rotatable bonds is 5. The largest absolute Gasteiger partial charge is 0.352 e. The Hall–Kier alpha value is -2.17. The minimum atomic E-state index is -0.0694. The molecule has 0 fully saturated rings. The second kappa shape index (κ2) is 5.95. The zero-order valence-corrected chi connectivity index (χ0v) is 10.3. The summed E-state index contributed by atoms with van der Waals surface area (Å²) in [5.41, 5.74) is 1.39. The van der Waals surface area contributed by atoms with Gasteiger partial charge in [-0.15, -0.1) is 0 Å². The van der Waals surface area contributed by atoms with Gasteiger partial charge in [0.05, 0.1) is 5.56 Å². The number of nitrogens with one attached hydrogen (secondary N) is 2. The summed E-state index contributed by atoms with van der Waals surface area (Å²) < 4.78 is 0. The van der Waals surface area contributed by atoms with Crippen LogP contribution in [-0.2, 0) is 6.42 Å². The molecule has 2 aromatic rings. The summed E-state index contributed by atoms with van der Waals surface area (Å²) in [6.07, 6.45) is 6.90. The first-order valence-electron chi connectivity index (χ1n) is 5.95. The fourth-order valence-electron chi connectivity index (χ4n) is 1.71. The topological polar surface area (TPSA) is 70.7 Å². The van der Waals surface area contributed by atoms with Crippen molar-refractivity contribution in [3.63, 3.8) is 0 Å². The summed E-state index contributed by atoms with van der Waals surface area (Å²) in [5, 5.41) is 2.88. The van der Waals surface area contributed by atoms with Gasteiger partial charge >= 0.3 is 0 Å². The molecule has 0 saturated carbocycles. The molecule has 0 spiro atoms. The Morgan fingerprint density at radius 2 is 2.28 bits per heavy atom. The van der Waals surface area contributed by atoms with Gasteiger partial charge in [0.1, 0.15) is 5.82 Å². The van der Waals surface area contributed by atoms with Gasteiger partial charge in [-0.3, -0.25) is 9.78 Å². The van der Waals surface area contributed by atoms with E-state index >= 15 is 0 Å². The van der Waals surface area contributed by atoms with Crippen LogP contribution in [0.1, 0.15) is 28.3 Å². The van der Waals surface area contributed by atoms with Crippen molar-refractivity contribution in [1.82, 2.24) is 20.3 Å². The number of carbonyl (C=O) groups excluding carboxylic acids is 1. The van der Waals surface area contributed by atoms with Crippen LogP contribution in [0.2, 0.25) is 0 Å². The molecule has 0 aromatic carbocycles. The van der Waals surface area contributed by atoms with Crippen LogP contribution in [0.4, 0.5) is 0 Å². The number of aryl methyl sites for hydroxylation is 2. The maximum atomic E-state index is 11.9. The smallest absolute Gasteiger partial charge is 0.253 e. The van der Waals surface area contributed by atoms with E-state index in [-0.39, 0.29) is 5.91 Å². The molecule has 0 atom stereocenters. The van der Waals surface area contributed by atoms with Crippen LogP contribution in [0.15, 0.2) is 30.7 Å². The Balaban J connectivity index is 1.77. The van der Waals surface area contributed by atoms with Gasteiger partial charge in [0.15, 0.2) is 0 Å². The number of amides is 1. The molecule has 5 heteroatoms. The Morgan fingerprint density at radius 3 is 3.00 bits per heavy atom. The van der Waals surface area contributed by atoms with Crippen LogP contribution >= 0.6 is 0 Å². The first kappa shape index (κ1) is 12.3. The van der Waals surface area contributed by atoms with E-state index < -0.39 is 0 Å². The number of pyridine rings is 1. The summed E-state index contributed by atoms with van der Waals surface area (Å²) in [4.78, 5) is 23.1. The zero-order chi connectivity index (χ0) is 12.8. The first-order valence-corrected chi connectivity index (χ1v) is 5.95. The molecule has 0 unspecified atom stereocenters. The third kappa shape index (κ3) is 3.16. The predicted octanol–water partition coefficient (Wildman–Crippen LogP) is 1.48. The molecule has 2 N–H and O–H groups in total. The normalized spacial score (nSPS) is 10.3. The Kier molecular flexibility index (Phi) is 4.06. The third-order valence-corrected chi connectivity index (χ3v) is 2.68. The molecular weight excluding hydrogens is 228 g/mol. The number of carbonyl (C=O) groups is 1. The number of imidazole rings is 1. The van der Waals surface area contributed by atoms with Gasteiger partial charge in [-0.25, -0.2) is 4.98 Å². The molecule has 2 aromatic heterocycles. The van der Waals surface area contributed by atoms with Crippen LogP contribution in [0.5, 0.6) is 0 Å². The molecule has 94 valence electrons. The molecule has 0 saturated heterocycles. The highest BCUT2D eigenvalue weighted by atomic mass is 16.1. The number of hydrogen-bond acceptors (Lipinski definition) is 3. The lowest BCUT2D eigenvalue weighted by Crippen LogP contribution is -2.25. The predicted molar refractivity (Wildman–Crippen MR) is 68.2 cm³/mol. The van der Waals surface area contributed by atoms with Crippen molar-refractivity contribution in [3.05, 3.63) is 47.8 Å². The van der Waals surface area contributed by atoms with Crippen molar-refractivity contribution in [2.75, 3.05) is 6.54 Å². The molecule has 0 radical (unpaired) electrons. The van der Waals surface area contributed by atoms with Crippen molar-refractivity contribution in [3.8, 4) is 0 Å². The molecule has 2 rings (SSSR count).